The van der Waals surface area contributed by atoms with Crippen molar-refractivity contribution in [2.75, 3.05) is 27.8 Å². The van der Waals surface area contributed by atoms with E-state index in [2.05, 4.69) is 0 Å². The summed E-state index contributed by atoms with van der Waals surface area (Å²) in [6.07, 6.45) is 0. The smallest absolute Gasteiger partial charge is 0.176 e. The van der Waals surface area contributed by atoms with E-state index >= 15 is 0 Å². The highest BCUT2D eigenvalue weighted by Gasteiger charge is 2.14. The number of para-hydroxylation sites is 1. The molecule has 0 aliphatic heterocycles. The Morgan fingerprint density at radius 3 is 2.36 bits per heavy atom. The maximum atomic E-state index is 12.2. The third-order valence-corrected chi connectivity index (χ3v) is 3.43. The molecule has 0 radical (unpaired) electrons. The maximum Gasteiger partial charge on any atom is 0.176 e. The number of methoxy groups -OCH3 is 2. The van der Waals surface area contributed by atoms with Crippen LogP contribution < -0.4 is 9.47 Å². The molecule has 0 saturated heterocycles. The molecular formula is C18H21NO3. The van der Waals surface area contributed by atoms with Crippen LogP contribution >= 0.6 is 0 Å². The van der Waals surface area contributed by atoms with Crippen LogP contribution in [0.5, 0.6) is 11.5 Å². The molecule has 0 amide bonds. The van der Waals surface area contributed by atoms with Crippen molar-refractivity contribution < 1.29 is 14.3 Å². The fourth-order valence-corrected chi connectivity index (χ4v) is 2.39. The minimum absolute atomic E-state index is 0.102. The fourth-order valence-electron chi connectivity index (χ4n) is 2.39. The van der Waals surface area contributed by atoms with E-state index in [-0.39, 0.29) is 5.78 Å². The largest absolute Gasteiger partial charge is 0.493 e. The van der Waals surface area contributed by atoms with Gasteiger partial charge < -0.3 is 9.47 Å². The first-order chi connectivity index (χ1) is 10.7. The van der Waals surface area contributed by atoms with Crippen LogP contribution in [-0.2, 0) is 6.54 Å². The molecule has 4 heteroatoms. The number of ketones is 1. The highest BCUT2D eigenvalue weighted by molar-refractivity contribution is 5.97. The van der Waals surface area contributed by atoms with Crippen LogP contribution in [0.15, 0.2) is 48.5 Å². The van der Waals surface area contributed by atoms with E-state index in [1.807, 2.05) is 60.5 Å². The summed E-state index contributed by atoms with van der Waals surface area (Å²) in [6.45, 7) is 0.962. The minimum atomic E-state index is 0.102. The standard InChI is InChI=1S/C18H21NO3/c1-19(13-16(20)14-8-5-4-6-9-14)12-15-10-7-11-17(21-2)18(15)22-3/h4-11H,12-13H2,1-3H3. The molecule has 0 N–H and O–H groups in total. The van der Waals surface area contributed by atoms with E-state index in [1.54, 1.807) is 14.2 Å². The lowest BCUT2D eigenvalue weighted by Crippen LogP contribution is -2.25. The number of rotatable bonds is 7. The summed E-state index contributed by atoms with van der Waals surface area (Å²) < 4.78 is 10.7. The third kappa shape index (κ3) is 3.86. The molecule has 0 atom stereocenters. The highest BCUT2D eigenvalue weighted by Crippen LogP contribution is 2.31. The first-order valence-corrected chi connectivity index (χ1v) is 7.12. The van der Waals surface area contributed by atoms with Crippen molar-refractivity contribution in [3.05, 3.63) is 59.7 Å². The van der Waals surface area contributed by atoms with Crippen molar-refractivity contribution in [1.29, 1.82) is 0 Å². The molecule has 0 aliphatic rings. The first-order valence-electron chi connectivity index (χ1n) is 7.12. The average molecular weight is 299 g/mol. The molecule has 0 spiro atoms. The molecule has 116 valence electrons. The van der Waals surface area contributed by atoms with Crippen molar-refractivity contribution >= 4 is 5.78 Å². The number of carbonyl (C=O) groups excluding carboxylic acids is 1. The minimum Gasteiger partial charge on any atom is -0.493 e. The van der Waals surface area contributed by atoms with Crippen molar-refractivity contribution in [2.24, 2.45) is 0 Å². The lowest BCUT2D eigenvalue weighted by atomic mass is 10.1. The lowest BCUT2D eigenvalue weighted by Gasteiger charge is -2.19. The molecule has 0 bridgehead atoms. The van der Waals surface area contributed by atoms with Gasteiger partial charge in [-0.15, -0.1) is 0 Å². The lowest BCUT2D eigenvalue weighted by molar-refractivity contribution is 0.0942. The van der Waals surface area contributed by atoms with Gasteiger partial charge in [0.15, 0.2) is 17.3 Å². The van der Waals surface area contributed by atoms with Crippen molar-refractivity contribution in [2.45, 2.75) is 6.54 Å². The van der Waals surface area contributed by atoms with Crippen LogP contribution in [0.3, 0.4) is 0 Å². The quantitative estimate of drug-likeness (QED) is 0.737. The third-order valence-electron chi connectivity index (χ3n) is 3.43. The van der Waals surface area contributed by atoms with Crippen LogP contribution in [0.4, 0.5) is 0 Å². The molecule has 0 saturated carbocycles. The van der Waals surface area contributed by atoms with Gasteiger partial charge in [0, 0.05) is 17.7 Å². The number of Topliss-reactive ketones (excluding diaryl/α,β-unsaturated/α-hetero) is 1. The zero-order valence-corrected chi connectivity index (χ0v) is 13.2. The first kappa shape index (κ1) is 16.0. The zero-order valence-electron chi connectivity index (χ0n) is 13.2. The van der Waals surface area contributed by atoms with Gasteiger partial charge in [0.05, 0.1) is 20.8 Å². The number of benzene rings is 2. The van der Waals surface area contributed by atoms with Gasteiger partial charge in [-0.1, -0.05) is 42.5 Å². The molecular weight excluding hydrogens is 278 g/mol. The van der Waals surface area contributed by atoms with Crippen LogP contribution in [0.1, 0.15) is 15.9 Å². The SMILES string of the molecule is COc1cccc(CN(C)CC(=O)c2ccccc2)c1OC. The second-order valence-corrected chi connectivity index (χ2v) is 5.11. The predicted molar refractivity (Wildman–Crippen MR) is 86.7 cm³/mol. The second kappa shape index (κ2) is 7.61. The summed E-state index contributed by atoms with van der Waals surface area (Å²) >= 11 is 0. The van der Waals surface area contributed by atoms with Gasteiger partial charge in [0.25, 0.3) is 0 Å². The monoisotopic (exact) mass is 299 g/mol. The normalized spacial score (nSPS) is 10.5. The predicted octanol–water partition coefficient (Wildman–Crippen LogP) is 3.02. The van der Waals surface area contributed by atoms with Crippen LogP contribution in [0.2, 0.25) is 0 Å². The van der Waals surface area contributed by atoms with Crippen LogP contribution in [0, 0.1) is 0 Å². The van der Waals surface area contributed by atoms with Crippen LogP contribution in [0.25, 0.3) is 0 Å². The number of hydrogen-bond acceptors (Lipinski definition) is 4. The molecule has 2 aromatic rings. The molecule has 0 heterocycles. The van der Waals surface area contributed by atoms with Crippen molar-refractivity contribution in [1.82, 2.24) is 4.90 Å². The van der Waals surface area contributed by atoms with E-state index in [1.165, 1.54) is 0 Å². The Balaban J connectivity index is 2.06. The Kier molecular flexibility index (Phi) is 5.55. The van der Waals surface area contributed by atoms with Crippen LogP contribution in [-0.4, -0.2) is 38.5 Å². The van der Waals surface area contributed by atoms with Gasteiger partial charge in [-0.25, -0.2) is 0 Å². The van der Waals surface area contributed by atoms with Gasteiger partial charge >= 0.3 is 0 Å². The van der Waals surface area contributed by atoms with Gasteiger partial charge in [-0.2, -0.15) is 0 Å². The second-order valence-electron chi connectivity index (χ2n) is 5.11. The molecule has 4 nitrogen and oxygen atoms in total. The number of ether oxygens (including phenoxy) is 2. The Hall–Kier alpha value is -2.33. The number of nitrogens with zero attached hydrogens (tertiary/aromatic N) is 1. The molecule has 0 fully saturated rings. The molecule has 0 unspecified atom stereocenters. The average Bonchev–Trinajstić information content (AvgIpc) is 2.55. The topological polar surface area (TPSA) is 38.8 Å². The van der Waals surface area contributed by atoms with E-state index in [0.717, 1.165) is 11.1 Å². The Bertz CT molecular complexity index is 625. The molecule has 0 aliphatic carbocycles. The summed E-state index contributed by atoms with van der Waals surface area (Å²) in [5.74, 6) is 1.51. The van der Waals surface area contributed by atoms with Gasteiger partial charge in [0.1, 0.15) is 0 Å². The Morgan fingerprint density at radius 1 is 1.00 bits per heavy atom. The van der Waals surface area contributed by atoms with Gasteiger partial charge in [0.2, 0.25) is 0 Å². The zero-order chi connectivity index (χ0) is 15.9. The molecule has 0 aromatic heterocycles. The summed E-state index contributed by atoms with van der Waals surface area (Å²) in [4.78, 5) is 14.2. The Labute approximate surface area is 131 Å². The summed E-state index contributed by atoms with van der Waals surface area (Å²) in [7, 11) is 5.15. The molecule has 22 heavy (non-hydrogen) atoms. The van der Waals surface area contributed by atoms with Gasteiger partial charge in [-0.05, 0) is 13.1 Å². The highest BCUT2D eigenvalue weighted by atomic mass is 16.5. The summed E-state index contributed by atoms with van der Waals surface area (Å²) in [5, 5.41) is 0. The Morgan fingerprint density at radius 2 is 1.73 bits per heavy atom. The van der Waals surface area contributed by atoms with Gasteiger partial charge in [-0.3, -0.25) is 9.69 Å². The van der Waals surface area contributed by atoms with Crippen molar-refractivity contribution in [3.8, 4) is 11.5 Å². The number of likely N-dealkylation sites (N-methyl/N-ethyl adjacent to an activating group) is 1. The summed E-state index contributed by atoms with van der Waals surface area (Å²) in [5.41, 5.74) is 1.72. The summed E-state index contributed by atoms with van der Waals surface area (Å²) in [6, 6.07) is 15.1. The van der Waals surface area contributed by atoms with E-state index in [9.17, 15) is 4.79 Å². The molecule has 2 aromatic carbocycles. The maximum absolute atomic E-state index is 12.2. The van der Waals surface area contributed by atoms with E-state index < -0.39 is 0 Å². The number of carbonyl (C=O) groups is 1. The molecule has 2 rings (SSSR count). The van der Waals surface area contributed by atoms with E-state index in [0.29, 0.717) is 24.6 Å². The fraction of sp³-hybridized carbons (Fsp3) is 0.278. The number of hydrogen-bond donors (Lipinski definition) is 0. The van der Waals surface area contributed by atoms with Crippen molar-refractivity contribution in [3.63, 3.8) is 0 Å². The van der Waals surface area contributed by atoms with E-state index in [4.69, 9.17) is 9.47 Å².